The molecule has 86 valence electrons. The zero-order valence-corrected chi connectivity index (χ0v) is 10.6. The average molecular weight is 200 g/mol. The first kappa shape index (κ1) is 13.9. The fourth-order valence-corrected chi connectivity index (χ4v) is 1.74. The van der Waals surface area contributed by atoms with E-state index < -0.39 is 0 Å². The molecule has 0 radical (unpaired) electrons. The third kappa shape index (κ3) is 6.39. The van der Waals surface area contributed by atoms with E-state index in [1.54, 1.807) is 0 Å². The predicted molar refractivity (Wildman–Crippen MR) is 64.4 cm³/mol. The van der Waals surface area contributed by atoms with E-state index in [0.717, 1.165) is 18.9 Å². The van der Waals surface area contributed by atoms with Crippen LogP contribution in [0.2, 0.25) is 0 Å². The quantitative estimate of drug-likeness (QED) is 0.684. The van der Waals surface area contributed by atoms with Crippen molar-refractivity contribution >= 4 is 0 Å². The van der Waals surface area contributed by atoms with Gasteiger partial charge in [0.1, 0.15) is 0 Å². The second-order valence-electron chi connectivity index (χ2n) is 4.84. The molecule has 0 aromatic rings. The van der Waals surface area contributed by atoms with Gasteiger partial charge in [0.2, 0.25) is 0 Å². The normalized spacial score (nSPS) is 16.3. The number of rotatable bonds is 7. The van der Waals surface area contributed by atoms with Crippen molar-refractivity contribution < 1.29 is 0 Å². The Hall–Kier alpha value is -0.0800. The van der Waals surface area contributed by atoms with Gasteiger partial charge in [-0.15, -0.1) is 0 Å². The lowest BCUT2D eigenvalue weighted by Gasteiger charge is -2.28. The maximum absolute atomic E-state index is 5.75. The minimum Gasteiger partial charge on any atom is -0.328 e. The molecule has 0 spiro atoms. The molecule has 0 heterocycles. The fourth-order valence-electron chi connectivity index (χ4n) is 1.74. The average Bonchev–Trinajstić information content (AvgIpc) is 2.10. The summed E-state index contributed by atoms with van der Waals surface area (Å²) in [5, 5.41) is 0. The largest absolute Gasteiger partial charge is 0.328 e. The molecule has 2 unspecified atom stereocenters. The summed E-state index contributed by atoms with van der Waals surface area (Å²) < 4.78 is 0. The van der Waals surface area contributed by atoms with Crippen LogP contribution in [0.3, 0.4) is 0 Å². The van der Waals surface area contributed by atoms with Crippen LogP contribution in [0.5, 0.6) is 0 Å². The molecule has 14 heavy (non-hydrogen) atoms. The molecule has 2 nitrogen and oxygen atoms in total. The summed E-state index contributed by atoms with van der Waals surface area (Å²) in [7, 11) is 0. The maximum Gasteiger partial charge on any atom is 0.00385 e. The van der Waals surface area contributed by atoms with E-state index in [1.165, 1.54) is 13.0 Å². The molecule has 2 N–H and O–H groups in total. The second-order valence-corrected chi connectivity index (χ2v) is 4.84. The maximum atomic E-state index is 5.75. The molecule has 0 aliphatic heterocycles. The zero-order valence-electron chi connectivity index (χ0n) is 10.6. The van der Waals surface area contributed by atoms with Crippen LogP contribution < -0.4 is 5.73 Å². The van der Waals surface area contributed by atoms with Gasteiger partial charge in [-0.25, -0.2) is 0 Å². The predicted octanol–water partition coefficient (Wildman–Crippen LogP) is 2.48. The van der Waals surface area contributed by atoms with Crippen molar-refractivity contribution in [2.24, 2.45) is 11.7 Å². The molecule has 0 saturated heterocycles. The Morgan fingerprint density at radius 1 is 1.07 bits per heavy atom. The van der Waals surface area contributed by atoms with Crippen LogP contribution in [0.25, 0.3) is 0 Å². The lowest BCUT2D eigenvalue weighted by molar-refractivity contribution is 0.196. The van der Waals surface area contributed by atoms with Crippen LogP contribution >= 0.6 is 0 Å². The molecule has 0 bridgehead atoms. The minimum absolute atomic E-state index is 0.353. The standard InChI is InChI=1S/C12H28N2/c1-6-14(10(2)3)9-11(4)7-8-12(5)13/h10-12H,6-9,13H2,1-5H3. The summed E-state index contributed by atoms with van der Waals surface area (Å²) in [6.45, 7) is 13.5. The van der Waals surface area contributed by atoms with Crippen LogP contribution in [0.15, 0.2) is 0 Å². The molecule has 0 fully saturated rings. The van der Waals surface area contributed by atoms with E-state index in [9.17, 15) is 0 Å². The van der Waals surface area contributed by atoms with E-state index in [1.807, 2.05) is 0 Å². The minimum atomic E-state index is 0.353. The molecule has 0 aliphatic carbocycles. The van der Waals surface area contributed by atoms with Gasteiger partial charge in [-0.1, -0.05) is 13.8 Å². The summed E-state index contributed by atoms with van der Waals surface area (Å²) >= 11 is 0. The van der Waals surface area contributed by atoms with Crippen LogP contribution in [0.1, 0.15) is 47.5 Å². The first-order chi connectivity index (χ1) is 6.47. The Kier molecular flexibility index (Phi) is 7.20. The van der Waals surface area contributed by atoms with Crippen molar-refractivity contribution in [3.05, 3.63) is 0 Å². The second kappa shape index (κ2) is 7.24. The Balaban J connectivity index is 3.73. The van der Waals surface area contributed by atoms with Crippen molar-refractivity contribution in [2.45, 2.75) is 59.5 Å². The number of nitrogens with two attached hydrogens (primary N) is 1. The van der Waals surface area contributed by atoms with Gasteiger partial charge >= 0.3 is 0 Å². The smallest absolute Gasteiger partial charge is 0.00385 e. The van der Waals surface area contributed by atoms with Crippen molar-refractivity contribution in [1.82, 2.24) is 4.90 Å². The Morgan fingerprint density at radius 2 is 1.64 bits per heavy atom. The van der Waals surface area contributed by atoms with Crippen molar-refractivity contribution in [3.8, 4) is 0 Å². The summed E-state index contributed by atoms with van der Waals surface area (Å²) in [4.78, 5) is 2.52. The van der Waals surface area contributed by atoms with Gasteiger partial charge in [-0.05, 0) is 46.1 Å². The molecule has 0 aliphatic rings. The highest BCUT2D eigenvalue weighted by atomic mass is 15.1. The van der Waals surface area contributed by atoms with Crippen LogP contribution in [0, 0.1) is 5.92 Å². The third-order valence-corrected chi connectivity index (χ3v) is 2.80. The van der Waals surface area contributed by atoms with Gasteiger partial charge in [-0.3, -0.25) is 0 Å². The van der Waals surface area contributed by atoms with E-state index in [-0.39, 0.29) is 0 Å². The van der Waals surface area contributed by atoms with E-state index in [0.29, 0.717) is 12.1 Å². The molecule has 2 atom stereocenters. The molecule has 2 heteroatoms. The highest BCUT2D eigenvalue weighted by Gasteiger charge is 2.11. The van der Waals surface area contributed by atoms with Gasteiger partial charge in [0.15, 0.2) is 0 Å². The molecule has 0 aromatic heterocycles. The first-order valence-electron chi connectivity index (χ1n) is 5.97. The van der Waals surface area contributed by atoms with Crippen LogP contribution in [-0.2, 0) is 0 Å². The van der Waals surface area contributed by atoms with Crippen molar-refractivity contribution in [2.75, 3.05) is 13.1 Å². The SMILES string of the molecule is CCN(CC(C)CCC(C)N)C(C)C. The van der Waals surface area contributed by atoms with E-state index in [4.69, 9.17) is 5.73 Å². The highest BCUT2D eigenvalue weighted by molar-refractivity contribution is 4.66. The summed E-state index contributed by atoms with van der Waals surface area (Å²) in [6, 6.07) is 1.02. The monoisotopic (exact) mass is 200 g/mol. The molecule has 0 saturated carbocycles. The summed E-state index contributed by atoms with van der Waals surface area (Å²) in [5.74, 6) is 0.767. The Morgan fingerprint density at radius 3 is 2.00 bits per heavy atom. The first-order valence-corrected chi connectivity index (χ1v) is 5.97. The van der Waals surface area contributed by atoms with Gasteiger partial charge in [0.05, 0.1) is 0 Å². The van der Waals surface area contributed by atoms with Gasteiger partial charge in [-0.2, -0.15) is 0 Å². The molecule has 0 rings (SSSR count). The van der Waals surface area contributed by atoms with E-state index >= 15 is 0 Å². The van der Waals surface area contributed by atoms with E-state index in [2.05, 4.69) is 39.5 Å². The zero-order chi connectivity index (χ0) is 11.1. The van der Waals surface area contributed by atoms with Gasteiger partial charge in [0, 0.05) is 18.6 Å². The number of nitrogens with zero attached hydrogens (tertiary/aromatic N) is 1. The fraction of sp³-hybridized carbons (Fsp3) is 1.00. The van der Waals surface area contributed by atoms with Gasteiger partial charge < -0.3 is 10.6 Å². The van der Waals surface area contributed by atoms with Gasteiger partial charge in [0.25, 0.3) is 0 Å². The summed E-state index contributed by atoms with van der Waals surface area (Å²) in [6.07, 6.45) is 2.40. The molecular weight excluding hydrogens is 172 g/mol. The Labute approximate surface area is 89.9 Å². The Bertz CT molecular complexity index is 132. The summed E-state index contributed by atoms with van der Waals surface area (Å²) in [5.41, 5.74) is 5.75. The van der Waals surface area contributed by atoms with Crippen molar-refractivity contribution in [3.63, 3.8) is 0 Å². The lowest BCUT2D eigenvalue weighted by atomic mass is 10.0. The highest BCUT2D eigenvalue weighted by Crippen LogP contribution is 2.11. The third-order valence-electron chi connectivity index (χ3n) is 2.80. The molecule has 0 aromatic carbocycles. The molecule has 0 amide bonds. The topological polar surface area (TPSA) is 29.3 Å². The van der Waals surface area contributed by atoms with Crippen LogP contribution in [0.4, 0.5) is 0 Å². The molecular formula is C12H28N2. The number of hydrogen-bond acceptors (Lipinski definition) is 2. The lowest BCUT2D eigenvalue weighted by Crippen LogP contribution is -2.34. The van der Waals surface area contributed by atoms with Crippen molar-refractivity contribution in [1.29, 1.82) is 0 Å². The van der Waals surface area contributed by atoms with Crippen LogP contribution in [-0.4, -0.2) is 30.1 Å². The number of hydrogen-bond donors (Lipinski definition) is 1.